The molecule has 0 fully saturated rings. The highest BCUT2D eigenvalue weighted by Gasteiger charge is 2.37. The summed E-state index contributed by atoms with van der Waals surface area (Å²) in [7, 11) is -2.31. The Labute approximate surface area is 158 Å². The van der Waals surface area contributed by atoms with Gasteiger partial charge in [0.05, 0.1) is 13.8 Å². The fraction of sp³-hybridized carbons (Fsp3) is 0.136. The number of fused-ring (bicyclic) bond motifs is 1. The molecule has 1 aliphatic rings. The van der Waals surface area contributed by atoms with Crippen LogP contribution in [0.3, 0.4) is 0 Å². The van der Waals surface area contributed by atoms with Crippen molar-refractivity contribution in [3.05, 3.63) is 96.1 Å². The van der Waals surface area contributed by atoms with Crippen LogP contribution < -0.4 is 10.6 Å². The van der Waals surface area contributed by atoms with Crippen molar-refractivity contribution in [3.63, 3.8) is 0 Å². The Morgan fingerprint density at radius 3 is 1.96 bits per heavy atom. The normalized spacial score (nSPS) is 16.8. The zero-order valence-electron chi connectivity index (χ0n) is 15.4. The average molecular weight is 375 g/mol. The zero-order valence-corrected chi connectivity index (χ0v) is 17.3. The third kappa shape index (κ3) is 3.13. The van der Waals surface area contributed by atoms with Crippen molar-refractivity contribution >= 4 is 32.6 Å². The van der Waals surface area contributed by atoms with Crippen LogP contribution in [-0.2, 0) is 0 Å². The van der Waals surface area contributed by atoms with E-state index in [9.17, 15) is 0 Å². The maximum atomic E-state index is 5.26. The molecular weight excluding hydrogens is 351 g/mol. The van der Waals surface area contributed by atoms with Gasteiger partial charge >= 0.3 is 0 Å². The molecule has 0 saturated heterocycles. The van der Waals surface area contributed by atoms with Gasteiger partial charge in [-0.2, -0.15) is 5.10 Å². The summed E-state index contributed by atoms with van der Waals surface area (Å²) in [5.74, 6) is 0. The third-order valence-corrected chi connectivity index (χ3v) is 10.2. The molecule has 2 nitrogen and oxygen atoms in total. The lowest BCUT2D eigenvalue weighted by Gasteiger charge is -2.42. The average Bonchev–Trinajstić information content (AvgIpc) is 2.67. The van der Waals surface area contributed by atoms with Crippen LogP contribution in [0.15, 0.2) is 90.0 Å². The van der Waals surface area contributed by atoms with Gasteiger partial charge in [-0.15, -0.1) is 0 Å². The molecule has 4 rings (SSSR count). The van der Waals surface area contributed by atoms with Gasteiger partial charge in [0.25, 0.3) is 0 Å². The van der Waals surface area contributed by atoms with Crippen LogP contribution in [-0.4, -0.2) is 18.4 Å². The van der Waals surface area contributed by atoms with Crippen LogP contribution in [0, 0.1) is 0 Å². The highest BCUT2D eigenvalue weighted by atomic mass is 31.1. The molecule has 0 saturated carbocycles. The van der Waals surface area contributed by atoms with Crippen LogP contribution in [0.4, 0.5) is 0 Å². The van der Waals surface area contributed by atoms with Gasteiger partial charge in [-0.25, -0.2) is 0 Å². The number of rotatable bonds is 3. The maximum Gasteiger partial charge on any atom is 0.175 e. The van der Waals surface area contributed by atoms with E-state index >= 15 is 0 Å². The van der Waals surface area contributed by atoms with E-state index in [2.05, 4.69) is 109 Å². The minimum atomic E-state index is -1.67. The van der Waals surface area contributed by atoms with Gasteiger partial charge in [0.15, 0.2) is 8.24 Å². The first-order valence-corrected chi connectivity index (χ1v) is 13.7. The molecule has 1 unspecified atom stereocenters. The lowest BCUT2D eigenvalue weighted by Crippen LogP contribution is -2.46. The second-order valence-electron chi connectivity index (χ2n) is 7.44. The Morgan fingerprint density at radius 1 is 0.731 bits per heavy atom. The molecule has 3 aromatic carbocycles. The molecule has 0 amide bonds. The summed E-state index contributed by atoms with van der Waals surface area (Å²) >= 11 is 0. The zero-order chi connectivity index (χ0) is 18.1. The first-order valence-electron chi connectivity index (χ1n) is 8.94. The smallest absolute Gasteiger partial charge is 0.175 e. The van der Waals surface area contributed by atoms with Gasteiger partial charge in [0.1, 0.15) is 0 Å². The number of hydrazone groups is 1. The molecule has 1 aliphatic heterocycles. The van der Waals surface area contributed by atoms with E-state index in [1.807, 2.05) is 0 Å². The monoisotopic (exact) mass is 374 g/mol. The van der Waals surface area contributed by atoms with Gasteiger partial charge in [-0.05, 0) is 19.6 Å². The van der Waals surface area contributed by atoms with Gasteiger partial charge in [0.2, 0.25) is 0 Å². The Bertz CT molecular complexity index is 933. The Morgan fingerprint density at radius 2 is 1.31 bits per heavy atom. The van der Waals surface area contributed by atoms with E-state index in [0.29, 0.717) is 0 Å². The quantitative estimate of drug-likeness (QED) is 0.468. The van der Waals surface area contributed by atoms with E-state index in [-0.39, 0.29) is 0 Å². The molecule has 1 atom stereocenters. The van der Waals surface area contributed by atoms with E-state index in [1.165, 1.54) is 21.7 Å². The van der Waals surface area contributed by atoms with Gasteiger partial charge in [-0.1, -0.05) is 84.9 Å². The molecule has 0 spiro atoms. The van der Waals surface area contributed by atoms with Gasteiger partial charge < -0.3 is 0 Å². The minimum Gasteiger partial charge on any atom is -0.296 e. The second-order valence-corrected chi connectivity index (χ2v) is 14.6. The summed E-state index contributed by atoms with van der Waals surface area (Å²) < 4.78 is 2.46. The molecule has 130 valence electrons. The first kappa shape index (κ1) is 17.2. The lowest BCUT2D eigenvalue weighted by atomic mass is 10.0. The molecule has 0 radical (unpaired) electrons. The highest BCUT2D eigenvalue weighted by molar-refractivity contribution is 7.72. The Kier molecular flexibility index (Phi) is 4.52. The largest absolute Gasteiger partial charge is 0.296 e. The summed E-state index contributed by atoms with van der Waals surface area (Å²) in [6.07, 6.45) is 0. The van der Waals surface area contributed by atoms with Crippen molar-refractivity contribution in [3.8, 4) is 0 Å². The molecule has 0 aromatic heterocycles. The summed E-state index contributed by atoms with van der Waals surface area (Å²) in [5.41, 5.74) is 3.55. The van der Waals surface area contributed by atoms with Crippen molar-refractivity contribution in [1.82, 2.24) is 4.44 Å². The van der Waals surface area contributed by atoms with E-state index in [4.69, 9.17) is 5.10 Å². The molecule has 0 bridgehead atoms. The molecule has 26 heavy (non-hydrogen) atoms. The van der Waals surface area contributed by atoms with Crippen molar-refractivity contribution in [2.24, 2.45) is 5.10 Å². The fourth-order valence-electron chi connectivity index (χ4n) is 3.23. The van der Waals surface area contributed by atoms with E-state index in [0.717, 1.165) is 5.71 Å². The summed E-state index contributed by atoms with van der Waals surface area (Å²) in [4.78, 5) is 0. The second kappa shape index (κ2) is 6.83. The number of hydrogen-bond donors (Lipinski definition) is 0. The topological polar surface area (TPSA) is 15.6 Å². The van der Waals surface area contributed by atoms with Crippen LogP contribution in [0.1, 0.15) is 11.1 Å². The molecule has 0 N–H and O–H groups in total. The number of nitrogens with zero attached hydrogens (tertiary/aromatic N) is 2. The molecule has 4 heteroatoms. The van der Waals surface area contributed by atoms with Crippen LogP contribution in [0.25, 0.3) is 0 Å². The van der Waals surface area contributed by atoms with Crippen LogP contribution in [0.5, 0.6) is 0 Å². The first-order chi connectivity index (χ1) is 12.6. The van der Waals surface area contributed by atoms with Crippen molar-refractivity contribution in [2.45, 2.75) is 19.6 Å². The molecule has 1 heterocycles. The number of benzene rings is 3. The standard InChI is InChI=1S/C22H23N2PSi/c1-26(2,3)24-23-22(18-12-6-4-7-13-18)20-16-10-11-17-21(20)25(24)19-14-8-5-9-15-19/h4-17H,1-3H3. The van der Waals surface area contributed by atoms with Crippen molar-refractivity contribution in [2.75, 3.05) is 0 Å². The van der Waals surface area contributed by atoms with Crippen molar-refractivity contribution < 1.29 is 0 Å². The van der Waals surface area contributed by atoms with Gasteiger partial charge in [0, 0.05) is 21.7 Å². The van der Waals surface area contributed by atoms with Crippen molar-refractivity contribution in [1.29, 1.82) is 0 Å². The summed E-state index contributed by atoms with van der Waals surface area (Å²) in [6.45, 7) is 7.14. The minimum absolute atomic E-state index is 0.644. The Hall–Kier alpha value is -2.22. The molecular formula is C22H23N2PSi. The third-order valence-electron chi connectivity index (χ3n) is 4.42. The molecule has 0 aliphatic carbocycles. The SMILES string of the molecule is C[Si](C)(C)N1N=C(c2ccccc2)c2ccccc2P1c1ccccc1. The molecule has 3 aromatic rings. The van der Waals surface area contributed by atoms with Gasteiger partial charge in [-0.3, -0.25) is 4.44 Å². The predicted molar refractivity (Wildman–Crippen MR) is 116 cm³/mol. The summed E-state index contributed by atoms with van der Waals surface area (Å²) in [6, 6.07) is 30.2. The summed E-state index contributed by atoms with van der Waals surface area (Å²) in [5, 5.41) is 8.04. The fourth-order valence-corrected chi connectivity index (χ4v) is 8.67. The Balaban J connectivity index is 1.96. The van der Waals surface area contributed by atoms with E-state index in [1.54, 1.807) is 0 Å². The van der Waals surface area contributed by atoms with Crippen LogP contribution >= 0.6 is 8.07 Å². The number of hydrogen-bond acceptors (Lipinski definition) is 2. The lowest BCUT2D eigenvalue weighted by molar-refractivity contribution is 0.724. The predicted octanol–water partition coefficient (Wildman–Crippen LogP) is 4.94. The maximum absolute atomic E-state index is 5.26. The van der Waals surface area contributed by atoms with Crippen LogP contribution in [0.2, 0.25) is 19.6 Å². The highest BCUT2D eigenvalue weighted by Crippen LogP contribution is 2.46. The van der Waals surface area contributed by atoms with E-state index < -0.39 is 16.3 Å².